The highest BCUT2D eigenvalue weighted by atomic mass is 16.6. The van der Waals surface area contributed by atoms with Gasteiger partial charge >= 0.3 is 5.97 Å². The number of benzene rings is 1. The van der Waals surface area contributed by atoms with Crippen LogP contribution in [0.15, 0.2) is 42.6 Å². The van der Waals surface area contributed by atoms with Gasteiger partial charge in [0, 0.05) is 32.0 Å². The number of carbonyl (C=O) groups excluding carboxylic acids is 1. The van der Waals surface area contributed by atoms with Crippen molar-refractivity contribution in [2.24, 2.45) is 7.05 Å². The number of hydrogen-bond acceptors (Lipinski definition) is 3. The minimum atomic E-state index is -0.466. The van der Waals surface area contributed by atoms with Crippen molar-refractivity contribution in [3.05, 3.63) is 59.4 Å². The van der Waals surface area contributed by atoms with Gasteiger partial charge in [0.2, 0.25) is 0 Å². The van der Waals surface area contributed by atoms with E-state index in [4.69, 9.17) is 4.74 Å². The number of nitrogens with zero attached hydrogens (tertiary/aromatic N) is 1. The quantitative estimate of drug-likeness (QED) is 0.862. The van der Waals surface area contributed by atoms with Gasteiger partial charge in [-0.25, -0.2) is 4.79 Å². The topological polar surface area (TPSA) is 43.3 Å². The van der Waals surface area contributed by atoms with Crippen molar-refractivity contribution in [2.45, 2.75) is 39.5 Å². The van der Waals surface area contributed by atoms with Gasteiger partial charge in [-0.3, -0.25) is 0 Å². The Bertz CT molecular complexity index is 621. The first-order valence-electron chi connectivity index (χ1n) is 7.48. The van der Waals surface area contributed by atoms with Crippen LogP contribution in [-0.2, 0) is 24.9 Å². The van der Waals surface area contributed by atoms with Gasteiger partial charge in [-0.1, -0.05) is 12.1 Å². The monoisotopic (exact) mass is 300 g/mol. The molecule has 0 aliphatic rings. The van der Waals surface area contributed by atoms with Crippen molar-refractivity contribution in [3.63, 3.8) is 0 Å². The molecule has 2 aromatic rings. The summed E-state index contributed by atoms with van der Waals surface area (Å²) in [6.45, 7) is 7.18. The first-order chi connectivity index (χ1) is 10.3. The maximum Gasteiger partial charge on any atom is 0.338 e. The van der Waals surface area contributed by atoms with Crippen LogP contribution in [-0.4, -0.2) is 16.1 Å². The highest BCUT2D eigenvalue weighted by Crippen LogP contribution is 2.13. The fourth-order valence-corrected chi connectivity index (χ4v) is 2.11. The summed E-state index contributed by atoms with van der Waals surface area (Å²) in [4.78, 5) is 11.9. The van der Waals surface area contributed by atoms with Gasteiger partial charge in [-0.05, 0) is 50.6 Å². The fourth-order valence-electron chi connectivity index (χ4n) is 2.11. The van der Waals surface area contributed by atoms with Gasteiger partial charge in [-0.2, -0.15) is 0 Å². The molecule has 1 aromatic heterocycles. The molecule has 0 fully saturated rings. The standard InChI is InChI=1S/C18H24N2O2/c1-18(2,3)22-17(21)15-9-7-14(8-10-15)12-19-13-16-6-5-11-20(16)4/h5-11,19H,12-13H2,1-4H3. The molecular formula is C18H24N2O2. The number of aromatic nitrogens is 1. The van der Waals surface area contributed by atoms with Crippen molar-refractivity contribution in [1.29, 1.82) is 0 Å². The molecule has 0 amide bonds. The van der Waals surface area contributed by atoms with Gasteiger partial charge in [0.1, 0.15) is 5.60 Å². The molecule has 1 heterocycles. The number of carbonyl (C=O) groups is 1. The van der Waals surface area contributed by atoms with Gasteiger partial charge in [-0.15, -0.1) is 0 Å². The second-order valence-corrected chi connectivity index (χ2v) is 6.41. The SMILES string of the molecule is Cn1cccc1CNCc1ccc(C(=O)OC(C)(C)C)cc1. The van der Waals surface area contributed by atoms with Gasteiger partial charge in [0.25, 0.3) is 0 Å². The summed E-state index contributed by atoms with van der Waals surface area (Å²) in [5.74, 6) is -0.282. The molecule has 1 N–H and O–H groups in total. The van der Waals surface area contributed by atoms with Crippen molar-refractivity contribution < 1.29 is 9.53 Å². The molecule has 118 valence electrons. The molecule has 0 bridgehead atoms. The summed E-state index contributed by atoms with van der Waals surface area (Å²) in [6, 6.07) is 11.7. The summed E-state index contributed by atoms with van der Waals surface area (Å²) >= 11 is 0. The van der Waals surface area contributed by atoms with E-state index in [1.165, 1.54) is 5.69 Å². The molecule has 22 heavy (non-hydrogen) atoms. The lowest BCUT2D eigenvalue weighted by Crippen LogP contribution is -2.23. The van der Waals surface area contributed by atoms with Gasteiger partial charge in [0.15, 0.2) is 0 Å². The average molecular weight is 300 g/mol. The molecule has 0 radical (unpaired) electrons. The van der Waals surface area contributed by atoms with E-state index in [0.717, 1.165) is 18.7 Å². The zero-order chi connectivity index (χ0) is 16.2. The van der Waals surface area contributed by atoms with Gasteiger partial charge < -0.3 is 14.6 Å². The molecule has 0 saturated carbocycles. The van der Waals surface area contributed by atoms with Crippen molar-refractivity contribution >= 4 is 5.97 Å². The molecule has 1 aromatic carbocycles. The van der Waals surface area contributed by atoms with E-state index in [1.54, 1.807) is 0 Å². The van der Waals surface area contributed by atoms with Crippen molar-refractivity contribution in [2.75, 3.05) is 0 Å². The molecule has 0 spiro atoms. The molecule has 2 rings (SSSR count). The van der Waals surface area contributed by atoms with Crippen LogP contribution in [0.5, 0.6) is 0 Å². The first kappa shape index (κ1) is 16.3. The first-order valence-corrected chi connectivity index (χ1v) is 7.48. The Hall–Kier alpha value is -2.07. The number of aryl methyl sites for hydroxylation is 1. The third-order valence-electron chi connectivity index (χ3n) is 3.28. The van der Waals surface area contributed by atoms with E-state index in [9.17, 15) is 4.79 Å². The smallest absolute Gasteiger partial charge is 0.338 e. The van der Waals surface area contributed by atoms with E-state index in [-0.39, 0.29) is 5.97 Å². The molecule has 0 aliphatic heterocycles. The largest absolute Gasteiger partial charge is 0.456 e. The summed E-state index contributed by atoms with van der Waals surface area (Å²) in [7, 11) is 2.03. The zero-order valence-corrected chi connectivity index (χ0v) is 13.7. The van der Waals surface area contributed by atoms with Crippen molar-refractivity contribution in [3.8, 4) is 0 Å². The lowest BCUT2D eigenvalue weighted by molar-refractivity contribution is 0.00695. The number of nitrogens with one attached hydrogen (secondary N) is 1. The normalized spacial score (nSPS) is 11.5. The summed E-state index contributed by atoms with van der Waals surface area (Å²) in [6.07, 6.45) is 2.03. The Morgan fingerprint density at radius 1 is 1.14 bits per heavy atom. The second-order valence-electron chi connectivity index (χ2n) is 6.41. The summed E-state index contributed by atoms with van der Waals surface area (Å²) in [5.41, 5.74) is 2.50. The number of esters is 1. The molecule has 0 aliphatic carbocycles. The van der Waals surface area contributed by atoms with Crippen LogP contribution in [0, 0.1) is 0 Å². The number of rotatable bonds is 5. The van der Waals surface area contributed by atoms with Crippen LogP contribution >= 0.6 is 0 Å². The molecule has 0 atom stereocenters. The summed E-state index contributed by atoms with van der Waals surface area (Å²) in [5, 5.41) is 3.39. The fraction of sp³-hybridized carbons (Fsp3) is 0.389. The third-order valence-corrected chi connectivity index (χ3v) is 3.28. The highest BCUT2D eigenvalue weighted by Gasteiger charge is 2.17. The number of ether oxygens (including phenoxy) is 1. The predicted octanol–water partition coefficient (Wildman–Crippen LogP) is 3.27. The van der Waals surface area contributed by atoms with Crippen LogP contribution < -0.4 is 5.32 Å². The maximum atomic E-state index is 11.9. The lowest BCUT2D eigenvalue weighted by Gasteiger charge is -2.19. The Morgan fingerprint density at radius 3 is 2.36 bits per heavy atom. The summed E-state index contributed by atoms with van der Waals surface area (Å²) < 4.78 is 7.45. The van der Waals surface area contributed by atoms with Crippen LogP contribution in [0.2, 0.25) is 0 Å². The van der Waals surface area contributed by atoms with E-state index >= 15 is 0 Å². The van der Waals surface area contributed by atoms with Crippen LogP contribution in [0.25, 0.3) is 0 Å². The molecule has 4 heteroatoms. The zero-order valence-electron chi connectivity index (χ0n) is 13.7. The maximum absolute atomic E-state index is 11.9. The van der Waals surface area contributed by atoms with E-state index < -0.39 is 5.60 Å². The molecule has 0 unspecified atom stereocenters. The Labute approximate surface area is 132 Å². The van der Waals surface area contributed by atoms with E-state index in [0.29, 0.717) is 5.56 Å². The minimum absolute atomic E-state index is 0.282. The molecular weight excluding hydrogens is 276 g/mol. The Balaban J connectivity index is 1.87. The average Bonchev–Trinajstić information content (AvgIpc) is 2.83. The van der Waals surface area contributed by atoms with Crippen LogP contribution in [0.3, 0.4) is 0 Å². The predicted molar refractivity (Wildman–Crippen MR) is 87.6 cm³/mol. The number of hydrogen-bond donors (Lipinski definition) is 1. The Kier molecular flexibility index (Phi) is 5.03. The van der Waals surface area contributed by atoms with E-state index in [1.807, 2.05) is 64.3 Å². The molecule has 0 saturated heterocycles. The van der Waals surface area contributed by atoms with Gasteiger partial charge in [0.05, 0.1) is 5.56 Å². The minimum Gasteiger partial charge on any atom is -0.456 e. The molecule has 4 nitrogen and oxygen atoms in total. The van der Waals surface area contributed by atoms with Crippen LogP contribution in [0.1, 0.15) is 42.4 Å². The highest BCUT2D eigenvalue weighted by molar-refractivity contribution is 5.89. The lowest BCUT2D eigenvalue weighted by atomic mass is 10.1. The van der Waals surface area contributed by atoms with Crippen LogP contribution in [0.4, 0.5) is 0 Å². The Morgan fingerprint density at radius 2 is 1.82 bits per heavy atom. The second kappa shape index (κ2) is 6.79. The van der Waals surface area contributed by atoms with Crippen molar-refractivity contribution in [1.82, 2.24) is 9.88 Å². The third kappa shape index (κ3) is 4.74. The van der Waals surface area contributed by atoms with E-state index in [2.05, 4.69) is 16.0 Å².